The number of carbonyl (C=O) groups is 2. The van der Waals surface area contributed by atoms with Crippen LogP contribution < -0.4 is 0 Å². The Hall–Kier alpha value is -1.95. The Bertz CT molecular complexity index is 576. The Morgan fingerprint density at radius 3 is 2.26 bits per heavy atom. The van der Waals surface area contributed by atoms with Crippen molar-refractivity contribution in [2.75, 3.05) is 46.3 Å². The summed E-state index contributed by atoms with van der Waals surface area (Å²) in [6.07, 6.45) is 4.88. The Morgan fingerprint density at radius 1 is 0.913 bits per heavy atom. The summed E-state index contributed by atoms with van der Waals surface area (Å²) in [5.74, 6) is -0.0640. The molecule has 3 rings (SSSR count). The van der Waals surface area contributed by atoms with Crippen molar-refractivity contribution in [2.45, 2.75) is 19.3 Å². The molecule has 0 radical (unpaired) electrons. The van der Waals surface area contributed by atoms with Crippen LogP contribution in [-0.2, 0) is 0 Å². The summed E-state index contributed by atoms with van der Waals surface area (Å²) in [4.78, 5) is 35.2. The number of amides is 2. The van der Waals surface area contributed by atoms with Gasteiger partial charge in [-0.2, -0.15) is 0 Å². The Labute approximate surface area is 137 Å². The number of hydrogen-bond donors (Lipinski definition) is 0. The average molecular weight is 316 g/mol. The minimum Gasteiger partial charge on any atom is -0.339 e. The van der Waals surface area contributed by atoms with Crippen LogP contribution in [0.15, 0.2) is 18.3 Å². The molecule has 1 aromatic heterocycles. The maximum atomic E-state index is 12.6. The van der Waals surface area contributed by atoms with Crippen molar-refractivity contribution in [1.29, 1.82) is 0 Å². The van der Waals surface area contributed by atoms with Crippen LogP contribution in [0.3, 0.4) is 0 Å². The Kier molecular flexibility index (Phi) is 4.91. The number of nitrogens with zero attached hydrogens (tertiary/aromatic N) is 4. The zero-order chi connectivity index (χ0) is 16.2. The highest BCUT2D eigenvalue weighted by Gasteiger charge is 2.23. The summed E-state index contributed by atoms with van der Waals surface area (Å²) in [6.45, 7) is 4.78. The molecule has 2 fully saturated rings. The molecule has 0 N–H and O–H groups in total. The van der Waals surface area contributed by atoms with Gasteiger partial charge in [-0.25, -0.2) is 0 Å². The number of likely N-dealkylation sites (tertiary alicyclic amines) is 1. The van der Waals surface area contributed by atoms with E-state index in [1.165, 1.54) is 6.42 Å². The average Bonchev–Trinajstić information content (AvgIpc) is 2.62. The molecule has 2 amide bonds. The second kappa shape index (κ2) is 7.08. The van der Waals surface area contributed by atoms with E-state index in [4.69, 9.17) is 0 Å². The lowest BCUT2D eigenvalue weighted by atomic mass is 10.1. The first kappa shape index (κ1) is 15.9. The maximum Gasteiger partial charge on any atom is 0.272 e. The predicted molar refractivity (Wildman–Crippen MR) is 87.4 cm³/mol. The molecule has 124 valence electrons. The predicted octanol–water partition coefficient (Wildman–Crippen LogP) is 1.10. The van der Waals surface area contributed by atoms with E-state index < -0.39 is 0 Å². The smallest absolute Gasteiger partial charge is 0.272 e. The first-order valence-corrected chi connectivity index (χ1v) is 8.38. The summed E-state index contributed by atoms with van der Waals surface area (Å²) in [5.41, 5.74) is 0.941. The van der Waals surface area contributed by atoms with Crippen LogP contribution >= 0.6 is 0 Å². The van der Waals surface area contributed by atoms with Crippen molar-refractivity contribution in [3.8, 4) is 0 Å². The van der Waals surface area contributed by atoms with Gasteiger partial charge < -0.3 is 14.7 Å². The van der Waals surface area contributed by atoms with E-state index in [1.54, 1.807) is 18.3 Å². The zero-order valence-corrected chi connectivity index (χ0v) is 13.7. The number of likely N-dealkylation sites (N-methyl/N-ethyl adjacent to an activating group) is 1. The number of hydrogen-bond acceptors (Lipinski definition) is 4. The minimum absolute atomic E-state index is 0.0135. The third kappa shape index (κ3) is 3.69. The van der Waals surface area contributed by atoms with E-state index in [1.807, 2.05) is 9.80 Å². The highest BCUT2D eigenvalue weighted by molar-refractivity contribution is 5.98. The molecule has 23 heavy (non-hydrogen) atoms. The largest absolute Gasteiger partial charge is 0.339 e. The van der Waals surface area contributed by atoms with Crippen LogP contribution in [0.4, 0.5) is 0 Å². The summed E-state index contributed by atoms with van der Waals surface area (Å²) in [7, 11) is 2.05. The van der Waals surface area contributed by atoms with E-state index in [9.17, 15) is 9.59 Å². The third-order valence-electron chi connectivity index (χ3n) is 4.66. The van der Waals surface area contributed by atoms with Gasteiger partial charge in [0.25, 0.3) is 11.8 Å². The van der Waals surface area contributed by atoms with Crippen LogP contribution in [0.5, 0.6) is 0 Å². The van der Waals surface area contributed by atoms with E-state index in [0.29, 0.717) is 24.3 Å². The SMILES string of the molecule is CN1CCN(C(=O)c2cc(C(=O)N3CCCCC3)ccn2)CC1. The monoisotopic (exact) mass is 316 g/mol. The van der Waals surface area contributed by atoms with Crippen molar-refractivity contribution >= 4 is 11.8 Å². The standard InChI is InChI=1S/C17H24N4O2/c1-19-9-11-21(12-10-19)17(23)15-13-14(5-6-18-15)16(22)20-7-3-2-4-8-20/h5-6,13H,2-4,7-12H2,1H3. The van der Waals surface area contributed by atoms with Gasteiger partial charge in [-0.1, -0.05) is 0 Å². The molecule has 0 bridgehead atoms. The van der Waals surface area contributed by atoms with Gasteiger partial charge in [-0.05, 0) is 38.4 Å². The fourth-order valence-electron chi connectivity index (χ4n) is 3.13. The number of pyridine rings is 1. The van der Waals surface area contributed by atoms with Gasteiger partial charge in [0.05, 0.1) is 0 Å². The van der Waals surface area contributed by atoms with E-state index in [-0.39, 0.29) is 11.8 Å². The highest BCUT2D eigenvalue weighted by atomic mass is 16.2. The van der Waals surface area contributed by atoms with Gasteiger partial charge in [0.1, 0.15) is 5.69 Å². The van der Waals surface area contributed by atoms with Crippen molar-refractivity contribution in [1.82, 2.24) is 19.7 Å². The molecule has 0 atom stereocenters. The third-order valence-corrected chi connectivity index (χ3v) is 4.66. The van der Waals surface area contributed by atoms with Crippen molar-refractivity contribution < 1.29 is 9.59 Å². The molecule has 2 aliphatic rings. The van der Waals surface area contributed by atoms with Crippen molar-refractivity contribution in [2.24, 2.45) is 0 Å². The quantitative estimate of drug-likeness (QED) is 0.820. The molecule has 0 unspecified atom stereocenters. The molecule has 6 nitrogen and oxygen atoms in total. The second-order valence-electron chi connectivity index (χ2n) is 6.38. The molecule has 1 aromatic rings. The molecule has 0 spiro atoms. The Balaban J connectivity index is 1.71. The van der Waals surface area contributed by atoms with Crippen LogP contribution in [0.2, 0.25) is 0 Å². The van der Waals surface area contributed by atoms with Crippen molar-refractivity contribution in [3.63, 3.8) is 0 Å². The molecular weight excluding hydrogens is 292 g/mol. The van der Waals surface area contributed by atoms with Gasteiger partial charge in [-0.3, -0.25) is 14.6 Å². The molecular formula is C17H24N4O2. The van der Waals surface area contributed by atoms with Crippen molar-refractivity contribution in [3.05, 3.63) is 29.6 Å². The first-order valence-electron chi connectivity index (χ1n) is 8.38. The highest BCUT2D eigenvalue weighted by Crippen LogP contribution is 2.14. The second-order valence-corrected chi connectivity index (χ2v) is 6.38. The zero-order valence-electron chi connectivity index (χ0n) is 13.7. The fraction of sp³-hybridized carbons (Fsp3) is 0.588. The topological polar surface area (TPSA) is 56.8 Å². The molecule has 0 saturated carbocycles. The molecule has 2 saturated heterocycles. The number of aromatic nitrogens is 1. The number of carbonyl (C=O) groups excluding carboxylic acids is 2. The summed E-state index contributed by atoms with van der Waals surface area (Å²) in [5, 5.41) is 0. The molecule has 3 heterocycles. The normalized spacial score (nSPS) is 19.7. The van der Waals surface area contributed by atoms with E-state index in [0.717, 1.165) is 39.0 Å². The maximum absolute atomic E-state index is 12.6. The first-order chi connectivity index (χ1) is 11.1. The van der Waals surface area contributed by atoms with Crippen LogP contribution in [-0.4, -0.2) is 77.8 Å². The summed E-state index contributed by atoms with van der Waals surface area (Å²) < 4.78 is 0. The summed E-state index contributed by atoms with van der Waals surface area (Å²) >= 11 is 0. The lowest BCUT2D eigenvalue weighted by Crippen LogP contribution is -2.47. The van der Waals surface area contributed by atoms with Crippen LogP contribution in [0, 0.1) is 0 Å². The van der Waals surface area contributed by atoms with E-state index >= 15 is 0 Å². The number of piperidine rings is 1. The van der Waals surface area contributed by atoms with Gasteiger partial charge in [-0.15, -0.1) is 0 Å². The van der Waals surface area contributed by atoms with Crippen LogP contribution in [0.25, 0.3) is 0 Å². The van der Waals surface area contributed by atoms with Gasteiger partial charge in [0.15, 0.2) is 0 Å². The van der Waals surface area contributed by atoms with Gasteiger partial charge >= 0.3 is 0 Å². The summed E-state index contributed by atoms with van der Waals surface area (Å²) in [6, 6.07) is 3.36. The number of piperazine rings is 1. The molecule has 0 aromatic carbocycles. The molecule has 2 aliphatic heterocycles. The Morgan fingerprint density at radius 2 is 1.57 bits per heavy atom. The number of rotatable bonds is 2. The molecule has 0 aliphatic carbocycles. The lowest BCUT2D eigenvalue weighted by Gasteiger charge is -2.32. The molecule has 6 heteroatoms. The van der Waals surface area contributed by atoms with Gasteiger partial charge in [0.2, 0.25) is 0 Å². The fourth-order valence-corrected chi connectivity index (χ4v) is 3.13. The van der Waals surface area contributed by atoms with Crippen LogP contribution in [0.1, 0.15) is 40.1 Å². The van der Waals surface area contributed by atoms with E-state index in [2.05, 4.69) is 16.9 Å². The van der Waals surface area contributed by atoms with Gasteiger partial charge in [0, 0.05) is 51.0 Å². The lowest BCUT2D eigenvalue weighted by molar-refractivity contribution is 0.0658. The minimum atomic E-state index is -0.0774.